The van der Waals surface area contributed by atoms with Crippen LogP contribution in [0.3, 0.4) is 0 Å². The molecule has 20 heavy (non-hydrogen) atoms. The zero-order valence-corrected chi connectivity index (χ0v) is 13.5. The van der Waals surface area contributed by atoms with Gasteiger partial charge in [0.05, 0.1) is 12.5 Å². The van der Waals surface area contributed by atoms with E-state index in [-0.39, 0.29) is 18.5 Å². The summed E-state index contributed by atoms with van der Waals surface area (Å²) in [6, 6.07) is 0. The van der Waals surface area contributed by atoms with Gasteiger partial charge in [0.1, 0.15) is 0 Å². The van der Waals surface area contributed by atoms with E-state index in [9.17, 15) is 4.79 Å². The molecule has 3 nitrogen and oxygen atoms in total. The summed E-state index contributed by atoms with van der Waals surface area (Å²) in [5.74, 6) is -0.000617. The molecule has 3 heteroatoms. The summed E-state index contributed by atoms with van der Waals surface area (Å²) in [6.07, 6.45) is 12.3. The molecule has 120 valence electrons. The molecule has 0 aliphatic rings. The van der Waals surface area contributed by atoms with Crippen molar-refractivity contribution >= 4 is 5.97 Å². The third-order valence-electron chi connectivity index (χ3n) is 3.69. The highest BCUT2D eigenvalue weighted by atomic mass is 16.5. The molecule has 0 heterocycles. The lowest BCUT2D eigenvalue weighted by atomic mass is 10.0. The van der Waals surface area contributed by atoms with Crippen LogP contribution in [-0.4, -0.2) is 24.3 Å². The van der Waals surface area contributed by atoms with Gasteiger partial charge in [-0.15, -0.1) is 0 Å². The first kappa shape index (κ1) is 19.4. The Labute approximate surface area is 125 Å². The van der Waals surface area contributed by atoms with E-state index in [0.29, 0.717) is 6.61 Å². The van der Waals surface area contributed by atoms with Crippen LogP contribution in [0, 0.1) is 5.92 Å². The van der Waals surface area contributed by atoms with Crippen LogP contribution in [0.4, 0.5) is 0 Å². The summed E-state index contributed by atoms with van der Waals surface area (Å²) in [6.45, 7) is 4.99. The first-order valence-corrected chi connectivity index (χ1v) is 8.49. The summed E-state index contributed by atoms with van der Waals surface area (Å²) in [5.41, 5.74) is 0. The van der Waals surface area contributed by atoms with Crippen molar-refractivity contribution in [2.24, 2.45) is 5.92 Å². The molecule has 0 aromatic heterocycles. The fraction of sp³-hybridized carbons (Fsp3) is 0.941. The predicted octanol–water partition coefficient (Wildman–Crippen LogP) is 4.47. The fourth-order valence-electron chi connectivity index (χ4n) is 2.23. The van der Waals surface area contributed by atoms with Crippen LogP contribution in [0.1, 0.15) is 84.5 Å². The lowest BCUT2D eigenvalue weighted by Crippen LogP contribution is -2.15. The first-order chi connectivity index (χ1) is 9.72. The predicted molar refractivity (Wildman–Crippen MR) is 83.7 cm³/mol. The van der Waals surface area contributed by atoms with Gasteiger partial charge in [-0.3, -0.25) is 4.79 Å². The van der Waals surface area contributed by atoms with Gasteiger partial charge in [0, 0.05) is 6.61 Å². The van der Waals surface area contributed by atoms with Gasteiger partial charge in [-0.1, -0.05) is 58.8 Å². The molecule has 0 aromatic rings. The smallest absolute Gasteiger partial charge is 0.308 e. The molecule has 0 aliphatic heterocycles. The molecule has 0 aliphatic carbocycles. The Hall–Kier alpha value is -0.570. The third kappa shape index (κ3) is 12.5. The molecule has 0 rings (SSSR count). The molecule has 0 amide bonds. The molecular formula is C17H34O3. The van der Waals surface area contributed by atoms with E-state index in [0.717, 1.165) is 38.5 Å². The number of carbonyl (C=O) groups is 1. The van der Waals surface area contributed by atoms with Crippen molar-refractivity contribution in [1.82, 2.24) is 0 Å². The van der Waals surface area contributed by atoms with Gasteiger partial charge in [0.15, 0.2) is 0 Å². The van der Waals surface area contributed by atoms with Crippen molar-refractivity contribution in [1.29, 1.82) is 0 Å². The monoisotopic (exact) mass is 286 g/mol. The Morgan fingerprint density at radius 1 is 0.950 bits per heavy atom. The van der Waals surface area contributed by atoms with Gasteiger partial charge in [-0.25, -0.2) is 0 Å². The second-order valence-corrected chi connectivity index (χ2v) is 5.76. The van der Waals surface area contributed by atoms with E-state index in [4.69, 9.17) is 9.84 Å². The zero-order valence-electron chi connectivity index (χ0n) is 13.5. The SMILES string of the molecule is CCCCCCCCC(C)C(=O)OCCCCCCO. The fourth-order valence-corrected chi connectivity index (χ4v) is 2.23. The average molecular weight is 286 g/mol. The van der Waals surface area contributed by atoms with Crippen molar-refractivity contribution in [2.45, 2.75) is 84.5 Å². The average Bonchev–Trinajstić information content (AvgIpc) is 2.45. The van der Waals surface area contributed by atoms with Crippen molar-refractivity contribution in [2.75, 3.05) is 13.2 Å². The summed E-state index contributed by atoms with van der Waals surface area (Å²) >= 11 is 0. The van der Waals surface area contributed by atoms with Crippen molar-refractivity contribution in [3.05, 3.63) is 0 Å². The Morgan fingerprint density at radius 3 is 2.25 bits per heavy atom. The molecule has 1 unspecified atom stereocenters. The van der Waals surface area contributed by atoms with Gasteiger partial charge < -0.3 is 9.84 Å². The first-order valence-electron chi connectivity index (χ1n) is 8.49. The van der Waals surface area contributed by atoms with E-state index < -0.39 is 0 Å². The molecule has 0 saturated heterocycles. The van der Waals surface area contributed by atoms with E-state index in [1.54, 1.807) is 0 Å². The van der Waals surface area contributed by atoms with Crippen LogP contribution >= 0.6 is 0 Å². The highest BCUT2D eigenvalue weighted by Crippen LogP contribution is 2.13. The Balaban J connectivity index is 3.37. The Morgan fingerprint density at radius 2 is 1.55 bits per heavy atom. The zero-order chi connectivity index (χ0) is 15.1. The van der Waals surface area contributed by atoms with E-state index >= 15 is 0 Å². The van der Waals surface area contributed by atoms with Crippen LogP contribution in [0.25, 0.3) is 0 Å². The van der Waals surface area contributed by atoms with Crippen LogP contribution in [0.5, 0.6) is 0 Å². The molecule has 0 saturated carbocycles. The van der Waals surface area contributed by atoms with E-state index in [1.807, 2.05) is 6.92 Å². The van der Waals surface area contributed by atoms with E-state index in [1.165, 1.54) is 32.1 Å². The number of aliphatic hydroxyl groups is 1. The number of hydrogen-bond acceptors (Lipinski definition) is 3. The van der Waals surface area contributed by atoms with Crippen LogP contribution in [0.15, 0.2) is 0 Å². The second kappa shape index (κ2) is 14.8. The number of esters is 1. The summed E-state index contributed by atoms with van der Waals surface area (Å²) in [5, 5.41) is 8.65. The highest BCUT2D eigenvalue weighted by molar-refractivity contribution is 5.71. The molecule has 0 spiro atoms. The van der Waals surface area contributed by atoms with Crippen molar-refractivity contribution in [3.63, 3.8) is 0 Å². The molecular weight excluding hydrogens is 252 g/mol. The minimum Gasteiger partial charge on any atom is -0.465 e. The van der Waals surface area contributed by atoms with Gasteiger partial charge in [-0.2, -0.15) is 0 Å². The van der Waals surface area contributed by atoms with Gasteiger partial charge in [-0.05, 0) is 25.7 Å². The summed E-state index contributed by atoms with van der Waals surface area (Å²) in [4.78, 5) is 11.7. The maximum Gasteiger partial charge on any atom is 0.308 e. The number of rotatable bonds is 14. The summed E-state index contributed by atoms with van der Waals surface area (Å²) < 4.78 is 5.28. The number of carbonyl (C=O) groups excluding carboxylic acids is 1. The highest BCUT2D eigenvalue weighted by Gasteiger charge is 2.13. The Bertz CT molecular complexity index is 216. The van der Waals surface area contributed by atoms with E-state index in [2.05, 4.69) is 6.92 Å². The van der Waals surface area contributed by atoms with Crippen LogP contribution in [-0.2, 0) is 9.53 Å². The maximum absolute atomic E-state index is 11.7. The molecule has 1 atom stereocenters. The van der Waals surface area contributed by atoms with Gasteiger partial charge >= 0.3 is 5.97 Å². The quantitative estimate of drug-likeness (QED) is 0.378. The largest absolute Gasteiger partial charge is 0.465 e. The maximum atomic E-state index is 11.7. The number of aliphatic hydroxyl groups excluding tert-OH is 1. The second-order valence-electron chi connectivity index (χ2n) is 5.76. The molecule has 1 N–H and O–H groups in total. The van der Waals surface area contributed by atoms with Crippen LogP contribution < -0.4 is 0 Å². The lowest BCUT2D eigenvalue weighted by Gasteiger charge is -2.11. The van der Waals surface area contributed by atoms with Crippen LogP contribution in [0.2, 0.25) is 0 Å². The molecule has 0 aromatic carbocycles. The molecule has 0 fully saturated rings. The van der Waals surface area contributed by atoms with Gasteiger partial charge in [0.25, 0.3) is 0 Å². The normalized spacial score (nSPS) is 12.3. The number of ether oxygens (including phenoxy) is 1. The van der Waals surface area contributed by atoms with Gasteiger partial charge in [0.2, 0.25) is 0 Å². The van der Waals surface area contributed by atoms with Crippen molar-refractivity contribution < 1.29 is 14.6 Å². The third-order valence-corrected chi connectivity index (χ3v) is 3.69. The number of hydrogen-bond donors (Lipinski definition) is 1. The topological polar surface area (TPSA) is 46.5 Å². The Kier molecular flexibility index (Phi) is 14.4. The summed E-state index contributed by atoms with van der Waals surface area (Å²) in [7, 11) is 0. The molecule has 0 bridgehead atoms. The lowest BCUT2D eigenvalue weighted by molar-refractivity contribution is -0.148. The minimum atomic E-state index is -0.0410. The number of unbranched alkanes of at least 4 members (excludes halogenated alkanes) is 8. The minimum absolute atomic E-state index is 0.0404. The standard InChI is InChI=1S/C17H34O3/c1-3-4-5-6-7-10-13-16(2)17(19)20-15-12-9-8-11-14-18/h16,18H,3-15H2,1-2H3. The molecule has 0 radical (unpaired) electrons. The van der Waals surface area contributed by atoms with Crippen molar-refractivity contribution in [3.8, 4) is 0 Å².